The number of ether oxygens (including phenoxy) is 1. The van der Waals surface area contributed by atoms with E-state index in [9.17, 15) is 17.9 Å². The molecular weight excluding hydrogens is 535 g/mol. The highest BCUT2D eigenvalue weighted by molar-refractivity contribution is 7.89. The van der Waals surface area contributed by atoms with Gasteiger partial charge < -0.3 is 14.7 Å². The van der Waals surface area contributed by atoms with Crippen LogP contribution >= 0.6 is 0 Å². The number of fused-ring (bicyclic) bond motifs is 1. The van der Waals surface area contributed by atoms with E-state index in [-0.39, 0.29) is 30.4 Å². The van der Waals surface area contributed by atoms with Gasteiger partial charge in [0.15, 0.2) is 6.29 Å². The van der Waals surface area contributed by atoms with Gasteiger partial charge in [0.25, 0.3) is 6.02 Å². The molecule has 0 bridgehead atoms. The molecule has 0 fully saturated rings. The van der Waals surface area contributed by atoms with Crippen LogP contribution in [0.4, 0.5) is 4.39 Å². The maximum Gasteiger partial charge on any atom is 0.298 e. The number of aliphatic imine (C=N–C) groups is 2. The fourth-order valence-electron chi connectivity index (χ4n) is 5.23. The minimum Gasteiger partial charge on any atom is -0.432 e. The third-order valence-electron chi connectivity index (χ3n) is 7.28. The van der Waals surface area contributed by atoms with Crippen LogP contribution in [0.25, 0.3) is 0 Å². The van der Waals surface area contributed by atoms with Crippen molar-refractivity contribution in [1.82, 2.24) is 19.8 Å². The third-order valence-corrected chi connectivity index (χ3v) is 8.76. The highest BCUT2D eigenvalue weighted by Crippen LogP contribution is 2.45. The van der Waals surface area contributed by atoms with E-state index in [0.29, 0.717) is 19.0 Å². The van der Waals surface area contributed by atoms with Crippen LogP contribution in [-0.4, -0.2) is 80.2 Å². The second-order valence-electron chi connectivity index (χ2n) is 9.57. The molecule has 4 rings (SSSR count). The van der Waals surface area contributed by atoms with Crippen molar-refractivity contribution in [3.8, 4) is 0 Å². The van der Waals surface area contributed by atoms with Gasteiger partial charge in [0.1, 0.15) is 23.7 Å². The maximum absolute atomic E-state index is 13.1. The fourth-order valence-corrected chi connectivity index (χ4v) is 6.30. The second kappa shape index (κ2) is 12.9. The normalized spacial score (nSPS) is 24.5. The summed E-state index contributed by atoms with van der Waals surface area (Å²) in [5.41, 5.74) is 1.55. The number of amidine groups is 1. The SMILES string of the molecule is CC/C(=C\C=C/CO)C1(CC)N=C2OC=CN2C1C1=CC=NC(NCCCNS(=O)(=O)c2ccc(F)cc2)N1C. The zero-order chi connectivity index (χ0) is 28.8. The number of allylic oxidation sites excluding steroid dienone is 3. The zero-order valence-electron chi connectivity index (χ0n) is 23.0. The maximum atomic E-state index is 13.1. The quantitative estimate of drug-likeness (QED) is 0.246. The first-order chi connectivity index (χ1) is 19.3. The van der Waals surface area contributed by atoms with E-state index < -0.39 is 21.4 Å². The number of rotatable bonds is 13. The number of likely N-dealkylation sites (N-methyl/N-ethyl adjacent to an activating group) is 1. The molecule has 0 saturated heterocycles. The molecule has 12 heteroatoms. The first-order valence-electron chi connectivity index (χ1n) is 13.4. The Morgan fingerprint density at radius 2 is 2.02 bits per heavy atom. The second-order valence-corrected chi connectivity index (χ2v) is 11.3. The van der Waals surface area contributed by atoms with Gasteiger partial charge in [-0.3, -0.25) is 15.2 Å². The molecule has 0 aromatic heterocycles. The van der Waals surface area contributed by atoms with E-state index in [2.05, 4.69) is 33.8 Å². The molecule has 0 amide bonds. The molecule has 40 heavy (non-hydrogen) atoms. The Kier molecular flexibility index (Phi) is 9.56. The van der Waals surface area contributed by atoms with Gasteiger partial charge in [0.05, 0.1) is 11.5 Å². The molecule has 1 aromatic carbocycles. The zero-order valence-corrected chi connectivity index (χ0v) is 23.8. The van der Waals surface area contributed by atoms with Crippen molar-refractivity contribution in [3.63, 3.8) is 0 Å². The van der Waals surface area contributed by atoms with Gasteiger partial charge in [0, 0.05) is 38.2 Å². The summed E-state index contributed by atoms with van der Waals surface area (Å²) in [7, 11) is -1.74. The lowest BCUT2D eigenvalue weighted by Crippen LogP contribution is -2.54. The molecule has 0 saturated carbocycles. The number of benzene rings is 1. The van der Waals surface area contributed by atoms with Crippen molar-refractivity contribution in [2.75, 3.05) is 26.7 Å². The Morgan fingerprint density at radius 1 is 1.25 bits per heavy atom. The molecule has 3 heterocycles. The average Bonchev–Trinajstić information content (AvgIpc) is 3.51. The Morgan fingerprint density at radius 3 is 2.73 bits per heavy atom. The van der Waals surface area contributed by atoms with Crippen molar-refractivity contribution in [2.45, 2.75) is 55.9 Å². The molecule has 10 nitrogen and oxygen atoms in total. The number of hydrogen-bond acceptors (Lipinski definition) is 9. The van der Waals surface area contributed by atoms with Crippen molar-refractivity contribution in [1.29, 1.82) is 0 Å². The number of nitrogens with zero attached hydrogens (tertiary/aromatic N) is 4. The smallest absolute Gasteiger partial charge is 0.298 e. The fraction of sp³-hybridized carbons (Fsp3) is 0.429. The van der Waals surface area contributed by atoms with E-state index in [4.69, 9.17) is 9.73 Å². The van der Waals surface area contributed by atoms with Crippen LogP contribution in [0, 0.1) is 5.82 Å². The van der Waals surface area contributed by atoms with Gasteiger partial charge >= 0.3 is 0 Å². The van der Waals surface area contributed by atoms with Gasteiger partial charge in [-0.15, -0.1) is 0 Å². The Labute approximate surface area is 235 Å². The highest BCUT2D eigenvalue weighted by atomic mass is 32.2. The number of halogens is 1. The van der Waals surface area contributed by atoms with Crippen molar-refractivity contribution >= 4 is 22.3 Å². The van der Waals surface area contributed by atoms with Crippen LogP contribution in [0.3, 0.4) is 0 Å². The summed E-state index contributed by atoms with van der Waals surface area (Å²) >= 11 is 0. The first kappa shape index (κ1) is 29.7. The van der Waals surface area contributed by atoms with Crippen molar-refractivity contribution in [2.24, 2.45) is 9.98 Å². The molecule has 3 aliphatic rings. The Balaban J connectivity index is 1.43. The van der Waals surface area contributed by atoms with Crippen LogP contribution < -0.4 is 10.0 Å². The number of hydrogen-bond donors (Lipinski definition) is 3. The summed E-state index contributed by atoms with van der Waals surface area (Å²) in [5, 5.41) is 12.6. The molecule has 3 unspecified atom stereocenters. The van der Waals surface area contributed by atoms with Gasteiger partial charge in [0.2, 0.25) is 10.0 Å². The van der Waals surface area contributed by atoms with Crippen LogP contribution in [-0.2, 0) is 14.8 Å². The summed E-state index contributed by atoms with van der Waals surface area (Å²) in [5.74, 6) is -0.487. The Bertz CT molecular complexity index is 1340. The summed E-state index contributed by atoms with van der Waals surface area (Å²) in [4.78, 5) is 13.8. The standard InChI is InChI=1S/C28H37FN6O4S/c1-4-21(9-6-7-19-36)28(5-2)25(35-18-20-39-27(35)33-28)24-14-17-31-26(34(24)3)30-15-8-16-32-40(37,38)23-12-10-22(29)11-13-23/h6-7,9-14,17-18,20,25-26,30,32,36H,4-5,8,15-16,19H2,1-3H3/b7-6-,21-9+. The molecule has 3 atom stereocenters. The minimum absolute atomic E-state index is 0.0260. The first-order valence-corrected chi connectivity index (χ1v) is 14.9. The van der Waals surface area contributed by atoms with Gasteiger partial charge in [-0.2, -0.15) is 0 Å². The summed E-state index contributed by atoms with van der Waals surface area (Å²) in [6, 6.07) is 5.10. The predicted octanol–water partition coefficient (Wildman–Crippen LogP) is 2.84. The predicted molar refractivity (Wildman–Crippen MR) is 153 cm³/mol. The van der Waals surface area contributed by atoms with E-state index in [0.717, 1.165) is 36.2 Å². The largest absolute Gasteiger partial charge is 0.432 e. The number of sulfonamides is 1. The van der Waals surface area contributed by atoms with Gasteiger partial charge in [-0.25, -0.2) is 22.5 Å². The van der Waals surface area contributed by atoms with Crippen molar-refractivity contribution < 1.29 is 22.7 Å². The molecule has 0 radical (unpaired) electrons. The lowest BCUT2D eigenvalue weighted by Gasteiger charge is -2.43. The van der Waals surface area contributed by atoms with Crippen LogP contribution in [0.5, 0.6) is 0 Å². The summed E-state index contributed by atoms with van der Waals surface area (Å²) in [6.07, 6.45) is 14.6. The average molecular weight is 573 g/mol. The van der Waals surface area contributed by atoms with Crippen LogP contribution in [0.2, 0.25) is 0 Å². The molecule has 216 valence electrons. The van der Waals surface area contributed by atoms with Gasteiger partial charge in [-0.05, 0) is 55.2 Å². The lowest BCUT2D eigenvalue weighted by molar-refractivity contribution is 0.201. The molecule has 0 spiro atoms. The third kappa shape index (κ3) is 6.04. The topological polar surface area (TPSA) is 119 Å². The summed E-state index contributed by atoms with van der Waals surface area (Å²) in [6.45, 7) is 4.91. The highest BCUT2D eigenvalue weighted by Gasteiger charge is 2.53. The van der Waals surface area contributed by atoms with E-state index >= 15 is 0 Å². The molecule has 3 N–H and O–H groups in total. The minimum atomic E-state index is -3.71. The Hall–Kier alpha value is -3.32. The lowest BCUT2D eigenvalue weighted by atomic mass is 9.77. The summed E-state index contributed by atoms with van der Waals surface area (Å²) < 4.78 is 46.3. The molecule has 1 aromatic rings. The van der Waals surface area contributed by atoms with Crippen molar-refractivity contribution in [3.05, 3.63) is 78.1 Å². The van der Waals surface area contributed by atoms with E-state index in [1.54, 1.807) is 18.6 Å². The van der Waals surface area contributed by atoms with E-state index in [1.165, 1.54) is 12.1 Å². The number of aliphatic hydroxyl groups excluding tert-OH is 1. The van der Waals surface area contributed by atoms with E-state index in [1.807, 2.05) is 36.4 Å². The number of nitrogens with one attached hydrogen (secondary N) is 2. The van der Waals surface area contributed by atoms with Crippen LogP contribution in [0.15, 0.2) is 87.2 Å². The molecule has 0 aliphatic carbocycles. The monoisotopic (exact) mass is 572 g/mol. The van der Waals surface area contributed by atoms with Crippen LogP contribution in [0.1, 0.15) is 33.1 Å². The molecular formula is C28H37FN6O4S. The van der Waals surface area contributed by atoms with Gasteiger partial charge in [-0.1, -0.05) is 32.1 Å². The number of aliphatic hydroxyl groups is 1. The molecule has 3 aliphatic heterocycles.